The van der Waals surface area contributed by atoms with Crippen molar-refractivity contribution in [2.75, 3.05) is 5.73 Å². The molecule has 0 radical (unpaired) electrons. The van der Waals surface area contributed by atoms with Crippen molar-refractivity contribution in [3.05, 3.63) is 59.7 Å². The van der Waals surface area contributed by atoms with E-state index in [0.29, 0.717) is 5.75 Å². The van der Waals surface area contributed by atoms with Gasteiger partial charge in [0, 0.05) is 10.6 Å². The van der Waals surface area contributed by atoms with Crippen molar-refractivity contribution >= 4 is 17.4 Å². The van der Waals surface area contributed by atoms with Crippen LogP contribution in [0.4, 0.5) is 14.5 Å². The predicted octanol–water partition coefficient (Wildman–Crippen LogP) is 3.84. The van der Waals surface area contributed by atoms with E-state index in [4.69, 9.17) is 5.73 Å². The van der Waals surface area contributed by atoms with E-state index in [9.17, 15) is 8.78 Å². The number of hydrogen-bond donors (Lipinski definition) is 1. The lowest BCUT2D eigenvalue weighted by Crippen LogP contribution is -1.90. The Hall–Kier alpha value is -1.55. The van der Waals surface area contributed by atoms with Crippen LogP contribution in [0.25, 0.3) is 0 Å². The Morgan fingerprint density at radius 2 is 1.88 bits per heavy atom. The monoisotopic (exact) mass is 251 g/mol. The molecule has 2 rings (SSSR count). The summed E-state index contributed by atoms with van der Waals surface area (Å²) in [7, 11) is 0. The molecule has 0 aliphatic carbocycles. The summed E-state index contributed by atoms with van der Waals surface area (Å²) in [6, 6.07) is 11.0. The summed E-state index contributed by atoms with van der Waals surface area (Å²) in [6.07, 6.45) is 0. The zero-order chi connectivity index (χ0) is 12.3. The molecule has 0 saturated carbocycles. The highest BCUT2D eigenvalue weighted by Gasteiger charge is 2.01. The van der Waals surface area contributed by atoms with Crippen molar-refractivity contribution in [3.8, 4) is 0 Å². The second-order valence-electron chi connectivity index (χ2n) is 3.60. The summed E-state index contributed by atoms with van der Waals surface area (Å²) in [4.78, 5) is 0.869. The molecule has 1 nitrogen and oxygen atoms in total. The minimum atomic E-state index is -0.417. The fourth-order valence-electron chi connectivity index (χ4n) is 1.41. The molecule has 0 spiro atoms. The lowest BCUT2D eigenvalue weighted by atomic mass is 10.2. The van der Waals surface area contributed by atoms with Crippen LogP contribution in [0, 0.1) is 11.6 Å². The van der Waals surface area contributed by atoms with Crippen LogP contribution in [0.2, 0.25) is 0 Å². The first-order valence-electron chi connectivity index (χ1n) is 5.07. The molecule has 0 aliphatic heterocycles. The molecule has 0 bridgehead atoms. The minimum Gasteiger partial charge on any atom is -0.396 e. The molecule has 2 aromatic carbocycles. The van der Waals surface area contributed by atoms with Gasteiger partial charge in [0.1, 0.15) is 11.6 Å². The molecule has 0 saturated heterocycles. The maximum atomic E-state index is 12.9. The molecule has 2 aromatic rings. The van der Waals surface area contributed by atoms with Crippen LogP contribution in [-0.2, 0) is 5.75 Å². The molecule has 2 N–H and O–H groups in total. The van der Waals surface area contributed by atoms with Crippen LogP contribution in [0.1, 0.15) is 5.56 Å². The molecule has 0 aromatic heterocycles. The van der Waals surface area contributed by atoms with Crippen molar-refractivity contribution in [1.82, 2.24) is 0 Å². The molecule has 88 valence electrons. The first-order chi connectivity index (χ1) is 8.15. The van der Waals surface area contributed by atoms with E-state index in [1.807, 2.05) is 6.07 Å². The summed E-state index contributed by atoms with van der Waals surface area (Å²) in [5, 5.41) is 0. The molecular weight excluding hydrogens is 240 g/mol. The predicted molar refractivity (Wildman–Crippen MR) is 66.8 cm³/mol. The van der Waals surface area contributed by atoms with Gasteiger partial charge in [-0.25, -0.2) is 8.78 Å². The number of hydrogen-bond acceptors (Lipinski definition) is 2. The van der Waals surface area contributed by atoms with Gasteiger partial charge in [0.2, 0.25) is 0 Å². The van der Waals surface area contributed by atoms with Crippen LogP contribution in [-0.4, -0.2) is 0 Å². The molecule has 0 amide bonds. The summed E-state index contributed by atoms with van der Waals surface area (Å²) in [5.41, 5.74) is 6.49. The summed E-state index contributed by atoms with van der Waals surface area (Å²) in [6.45, 7) is 0. The van der Waals surface area contributed by atoms with Crippen LogP contribution in [0.15, 0.2) is 47.4 Å². The third-order valence-electron chi connectivity index (χ3n) is 2.26. The summed E-state index contributed by atoms with van der Waals surface area (Å²) < 4.78 is 25.9. The van der Waals surface area contributed by atoms with Crippen molar-refractivity contribution in [2.24, 2.45) is 0 Å². The molecular formula is C13H11F2NS. The van der Waals surface area contributed by atoms with Gasteiger partial charge in [0.25, 0.3) is 0 Å². The third-order valence-corrected chi connectivity index (χ3v) is 3.33. The smallest absolute Gasteiger partial charge is 0.146 e. The number of thioether (sulfide) groups is 1. The number of benzene rings is 2. The topological polar surface area (TPSA) is 26.0 Å². The zero-order valence-electron chi connectivity index (χ0n) is 8.99. The van der Waals surface area contributed by atoms with Crippen LogP contribution in [0.3, 0.4) is 0 Å². The SMILES string of the molecule is Nc1cc(SCc2cccc(F)c2)ccc1F. The molecule has 4 heteroatoms. The third kappa shape index (κ3) is 3.20. The number of rotatable bonds is 3. The van der Waals surface area contributed by atoms with Crippen molar-refractivity contribution in [3.63, 3.8) is 0 Å². The Bertz CT molecular complexity index is 529. The van der Waals surface area contributed by atoms with Crippen molar-refractivity contribution in [1.29, 1.82) is 0 Å². The highest BCUT2D eigenvalue weighted by molar-refractivity contribution is 7.98. The molecule has 0 heterocycles. The Balaban J connectivity index is 2.05. The number of nitrogen functional groups attached to an aromatic ring is 1. The Morgan fingerprint density at radius 3 is 2.59 bits per heavy atom. The summed E-state index contributed by atoms with van der Waals surface area (Å²) in [5.74, 6) is -0.0372. The second-order valence-corrected chi connectivity index (χ2v) is 4.65. The Morgan fingerprint density at radius 1 is 1.06 bits per heavy atom. The van der Waals surface area contributed by atoms with Gasteiger partial charge in [-0.15, -0.1) is 11.8 Å². The van der Waals surface area contributed by atoms with Gasteiger partial charge < -0.3 is 5.73 Å². The second kappa shape index (κ2) is 5.19. The minimum absolute atomic E-state index is 0.134. The number of nitrogens with two attached hydrogens (primary N) is 1. The summed E-state index contributed by atoms with van der Waals surface area (Å²) >= 11 is 1.49. The van der Waals surface area contributed by atoms with E-state index < -0.39 is 5.82 Å². The molecule has 0 unspecified atom stereocenters. The number of halogens is 2. The normalized spacial score (nSPS) is 10.5. The van der Waals surface area contributed by atoms with E-state index in [1.54, 1.807) is 18.2 Å². The lowest BCUT2D eigenvalue weighted by molar-refractivity contribution is 0.626. The molecule has 17 heavy (non-hydrogen) atoms. The largest absolute Gasteiger partial charge is 0.396 e. The van der Waals surface area contributed by atoms with E-state index in [2.05, 4.69) is 0 Å². The number of anilines is 1. The standard InChI is InChI=1S/C13H11F2NS/c14-10-3-1-2-9(6-10)8-17-11-4-5-12(15)13(16)7-11/h1-7H,8,16H2. The zero-order valence-corrected chi connectivity index (χ0v) is 9.81. The van der Waals surface area contributed by atoms with E-state index in [0.717, 1.165) is 10.5 Å². The average Bonchev–Trinajstić information content (AvgIpc) is 2.31. The molecule has 0 aliphatic rings. The first kappa shape index (κ1) is 11.9. The van der Waals surface area contributed by atoms with Crippen molar-refractivity contribution < 1.29 is 8.78 Å². The van der Waals surface area contributed by atoms with Gasteiger partial charge in [-0.2, -0.15) is 0 Å². The van der Waals surface area contributed by atoms with E-state index >= 15 is 0 Å². The highest BCUT2D eigenvalue weighted by atomic mass is 32.2. The van der Waals surface area contributed by atoms with Gasteiger partial charge >= 0.3 is 0 Å². The van der Waals surface area contributed by atoms with Gasteiger partial charge in [-0.1, -0.05) is 12.1 Å². The first-order valence-corrected chi connectivity index (χ1v) is 6.06. The maximum Gasteiger partial charge on any atom is 0.146 e. The van der Waals surface area contributed by atoms with Crippen LogP contribution >= 0.6 is 11.8 Å². The van der Waals surface area contributed by atoms with Gasteiger partial charge in [0.15, 0.2) is 0 Å². The Labute approximate surface area is 103 Å². The molecule has 0 fully saturated rings. The quantitative estimate of drug-likeness (QED) is 0.662. The lowest BCUT2D eigenvalue weighted by Gasteiger charge is -2.04. The fourth-order valence-corrected chi connectivity index (χ4v) is 2.29. The van der Waals surface area contributed by atoms with E-state index in [1.165, 1.54) is 30.0 Å². The highest BCUT2D eigenvalue weighted by Crippen LogP contribution is 2.25. The fraction of sp³-hybridized carbons (Fsp3) is 0.0769. The van der Waals surface area contributed by atoms with Crippen LogP contribution in [0.5, 0.6) is 0 Å². The van der Waals surface area contributed by atoms with Crippen molar-refractivity contribution in [2.45, 2.75) is 10.6 Å². The van der Waals surface area contributed by atoms with E-state index in [-0.39, 0.29) is 11.5 Å². The van der Waals surface area contributed by atoms with Crippen LogP contribution < -0.4 is 5.73 Å². The van der Waals surface area contributed by atoms with Gasteiger partial charge in [0.05, 0.1) is 5.69 Å². The Kier molecular flexibility index (Phi) is 3.64. The van der Waals surface area contributed by atoms with Gasteiger partial charge in [-0.3, -0.25) is 0 Å². The maximum absolute atomic E-state index is 12.9. The van der Waals surface area contributed by atoms with Gasteiger partial charge in [-0.05, 0) is 35.9 Å². The molecule has 0 atom stereocenters. The average molecular weight is 251 g/mol.